The van der Waals surface area contributed by atoms with Gasteiger partial charge in [-0.2, -0.15) is 28.1 Å². The molecule has 0 radical (unpaired) electrons. The summed E-state index contributed by atoms with van der Waals surface area (Å²) in [6.45, 7) is -1.19. The standard InChI is InChI=1S/C21H15ClF3N11O/c1-21(14-9-34(20(24)25)33-31-14)6-11(12-8-26-16-5-15(23)32-35(16)17(12)21)19(37)30-10-4-13(22)18(27-7-10)36-28-2-3-29-36/h2-5,7-9,11,20H,6H2,1H3,(H,30,37). The number of anilines is 1. The van der Waals surface area contributed by atoms with Crippen molar-refractivity contribution < 1.29 is 18.0 Å². The number of aromatic nitrogens is 10. The van der Waals surface area contributed by atoms with Crippen LogP contribution in [0.2, 0.25) is 5.02 Å². The number of hydrogen-bond donors (Lipinski definition) is 1. The van der Waals surface area contributed by atoms with E-state index in [0.29, 0.717) is 21.6 Å². The molecule has 2 unspecified atom stereocenters. The minimum absolute atomic E-state index is 0.106. The van der Waals surface area contributed by atoms with E-state index in [9.17, 15) is 18.0 Å². The summed E-state index contributed by atoms with van der Waals surface area (Å²) in [5, 5.41) is 22.2. The molecule has 5 heterocycles. The third kappa shape index (κ3) is 3.69. The van der Waals surface area contributed by atoms with Gasteiger partial charge in [-0.25, -0.2) is 14.5 Å². The highest BCUT2D eigenvalue weighted by molar-refractivity contribution is 6.32. The van der Waals surface area contributed by atoms with Crippen molar-refractivity contribution in [2.75, 3.05) is 5.32 Å². The zero-order valence-corrected chi connectivity index (χ0v) is 19.6. The van der Waals surface area contributed by atoms with Gasteiger partial charge in [0.2, 0.25) is 11.9 Å². The van der Waals surface area contributed by atoms with Gasteiger partial charge in [0.05, 0.1) is 58.2 Å². The molecule has 0 saturated carbocycles. The normalized spacial score (nSPS) is 19.0. The van der Waals surface area contributed by atoms with Crippen LogP contribution in [0, 0.1) is 5.95 Å². The first-order chi connectivity index (χ1) is 17.7. The number of carbonyl (C=O) groups is 1. The molecule has 0 spiro atoms. The van der Waals surface area contributed by atoms with Gasteiger partial charge >= 0.3 is 6.55 Å². The van der Waals surface area contributed by atoms with Gasteiger partial charge in [0.1, 0.15) is 0 Å². The fourth-order valence-corrected chi connectivity index (χ4v) is 4.87. The maximum Gasteiger partial charge on any atom is 0.334 e. The Hall–Kier alpha value is -4.40. The van der Waals surface area contributed by atoms with Crippen molar-refractivity contribution in [2.45, 2.75) is 31.2 Å². The van der Waals surface area contributed by atoms with Crippen LogP contribution in [0.15, 0.2) is 43.1 Å². The lowest BCUT2D eigenvalue weighted by Crippen LogP contribution is -2.26. The number of nitrogens with zero attached hydrogens (tertiary/aromatic N) is 10. The Morgan fingerprint density at radius 1 is 1.22 bits per heavy atom. The van der Waals surface area contributed by atoms with E-state index in [1.54, 1.807) is 6.92 Å². The molecule has 37 heavy (non-hydrogen) atoms. The van der Waals surface area contributed by atoms with Crippen LogP contribution >= 0.6 is 11.6 Å². The lowest BCUT2D eigenvalue weighted by atomic mass is 9.83. The Morgan fingerprint density at radius 2 is 2.00 bits per heavy atom. The Balaban J connectivity index is 1.38. The predicted octanol–water partition coefficient (Wildman–Crippen LogP) is 2.92. The molecule has 12 nitrogen and oxygen atoms in total. The monoisotopic (exact) mass is 529 g/mol. The zero-order chi connectivity index (χ0) is 25.9. The van der Waals surface area contributed by atoms with E-state index >= 15 is 0 Å². The van der Waals surface area contributed by atoms with E-state index in [-0.39, 0.29) is 28.6 Å². The van der Waals surface area contributed by atoms with E-state index in [4.69, 9.17) is 11.6 Å². The summed E-state index contributed by atoms with van der Waals surface area (Å²) < 4.78 is 42.2. The quantitative estimate of drug-likeness (QED) is 0.367. The first-order valence-corrected chi connectivity index (χ1v) is 11.2. The Bertz CT molecular complexity index is 1650. The second kappa shape index (κ2) is 8.33. The van der Waals surface area contributed by atoms with Gasteiger partial charge in [0.15, 0.2) is 11.5 Å². The first-order valence-electron chi connectivity index (χ1n) is 10.8. The molecule has 0 aliphatic heterocycles. The molecule has 1 amide bonds. The van der Waals surface area contributed by atoms with Crippen molar-refractivity contribution in [3.05, 3.63) is 71.0 Å². The number of alkyl halides is 2. The number of nitrogens with one attached hydrogen (secondary N) is 1. The van der Waals surface area contributed by atoms with E-state index in [1.165, 1.54) is 40.2 Å². The average Bonchev–Trinajstić information content (AvgIpc) is 3.64. The predicted molar refractivity (Wildman–Crippen MR) is 121 cm³/mol. The summed E-state index contributed by atoms with van der Waals surface area (Å²) in [7, 11) is 0. The highest BCUT2D eigenvalue weighted by Gasteiger charge is 2.49. The molecule has 1 N–H and O–H groups in total. The number of pyridine rings is 1. The summed E-state index contributed by atoms with van der Waals surface area (Å²) in [6, 6.07) is 2.63. The van der Waals surface area contributed by atoms with Gasteiger partial charge in [-0.3, -0.25) is 4.79 Å². The second-order valence-corrected chi connectivity index (χ2v) is 8.99. The van der Waals surface area contributed by atoms with Crippen LogP contribution in [0.4, 0.5) is 18.9 Å². The molecule has 1 aliphatic rings. The van der Waals surface area contributed by atoms with Crippen molar-refractivity contribution in [1.82, 2.24) is 49.6 Å². The van der Waals surface area contributed by atoms with E-state index in [0.717, 1.165) is 12.3 Å². The number of carbonyl (C=O) groups excluding carboxylic acids is 1. The maximum absolute atomic E-state index is 14.1. The minimum Gasteiger partial charge on any atom is -0.324 e. The first kappa shape index (κ1) is 23.0. The molecule has 5 aromatic rings. The molecule has 6 rings (SSSR count). The van der Waals surface area contributed by atoms with Crippen LogP contribution in [0.5, 0.6) is 0 Å². The number of amides is 1. The fraction of sp³-hybridized carbons (Fsp3) is 0.238. The van der Waals surface area contributed by atoms with Crippen molar-refractivity contribution >= 4 is 28.8 Å². The SMILES string of the molecule is CC1(c2cn(C(F)F)nn2)CC(C(=O)Nc2cnc(-n3nccn3)c(Cl)c2)c2cnc3cc(F)nn3c21. The highest BCUT2D eigenvalue weighted by Crippen LogP contribution is 2.49. The second-order valence-electron chi connectivity index (χ2n) is 8.59. The minimum atomic E-state index is -2.90. The summed E-state index contributed by atoms with van der Waals surface area (Å²) in [4.78, 5) is 23.2. The molecule has 0 bridgehead atoms. The molecule has 2 atom stereocenters. The van der Waals surface area contributed by atoms with Crippen LogP contribution in [0.3, 0.4) is 0 Å². The van der Waals surface area contributed by atoms with Gasteiger partial charge in [0, 0.05) is 17.8 Å². The van der Waals surface area contributed by atoms with Gasteiger partial charge < -0.3 is 5.32 Å². The maximum atomic E-state index is 14.1. The van der Waals surface area contributed by atoms with Gasteiger partial charge in [-0.15, -0.1) is 15.0 Å². The van der Waals surface area contributed by atoms with Crippen molar-refractivity contribution in [1.29, 1.82) is 0 Å². The largest absolute Gasteiger partial charge is 0.334 e. The van der Waals surface area contributed by atoms with Crippen molar-refractivity contribution in [3.8, 4) is 5.82 Å². The van der Waals surface area contributed by atoms with Crippen LogP contribution < -0.4 is 5.32 Å². The fourth-order valence-electron chi connectivity index (χ4n) is 4.63. The molecular formula is C21H15ClF3N11O. The van der Waals surface area contributed by atoms with Crippen LogP contribution in [0.1, 0.15) is 42.8 Å². The van der Waals surface area contributed by atoms with E-state index < -0.39 is 29.7 Å². The summed E-state index contributed by atoms with van der Waals surface area (Å²) in [6.07, 6.45) is 7.01. The Morgan fingerprint density at radius 3 is 2.70 bits per heavy atom. The number of halogens is 4. The van der Waals surface area contributed by atoms with E-state index in [2.05, 4.69) is 40.9 Å². The topological polar surface area (TPSA) is 134 Å². The Labute approximate surface area is 210 Å². The highest BCUT2D eigenvalue weighted by atomic mass is 35.5. The number of rotatable bonds is 5. The summed E-state index contributed by atoms with van der Waals surface area (Å²) >= 11 is 6.32. The third-order valence-electron chi connectivity index (χ3n) is 6.28. The third-order valence-corrected chi connectivity index (χ3v) is 6.56. The van der Waals surface area contributed by atoms with Crippen molar-refractivity contribution in [3.63, 3.8) is 0 Å². The molecule has 188 valence electrons. The number of hydrogen-bond acceptors (Lipinski definition) is 8. The summed E-state index contributed by atoms with van der Waals surface area (Å²) in [5.74, 6) is -1.76. The lowest BCUT2D eigenvalue weighted by Gasteiger charge is -2.23. The van der Waals surface area contributed by atoms with Gasteiger partial charge in [-0.1, -0.05) is 16.8 Å². The van der Waals surface area contributed by atoms with Crippen LogP contribution in [-0.2, 0) is 10.2 Å². The van der Waals surface area contributed by atoms with Gasteiger partial charge in [0.25, 0.3) is 0 Å². The Kier molecular flexibility index (Phi) is 5.18. The molecule has 1 aliphatic carbocycles. The van der Waals surface area contributed by atoms with Gasteiger partial charge in [-0.05, 0) is 19.4 Å². The molecule has 0 saturated heterocycles. The van der Waals surface area contributed by atoms with Crippen LogP contribution in [-0.4, -0.2) is 55.5 Å². The molecule has 0 fully saturated rings. The zero-order valence-electron chi connectivity index (χ0n) is 18.8. The average molecular weight is 530 g/mol. The molecule has 16 heteroatoms. The lowest BCUT2D eigenvalue weighted by molar-refractivity contribution is -0.117. The molecule has 5 aromatic heterocycles. The van der Waals surface area contributed by atoms with E-state index in [1.807, 2.05) is 0 Å². The summed E-state index contributed by atoms with van der Waals surface area (Å²) in [5.41, 5.74) is 0.411. The molecular weight excluding hydrogens is 515 g/mol. The molecule has 0 aromatic carbocycles. The smallest absolute Gasteiger partial charge is 0.324 e. The number of fused-ring (bicyclic) bond motifs is 3. The van der Waals surface area contributed by atoms with Crippen LogP contribution in [0.25, 0.3) is 11.5 Å². The van der Waals surface area contributed by atoms with Crippen molar-refractivity contribution in [2.24, 2.45) is 0 Å².